The predicted octanol–water partition coefficient (Wildman–Crippen LogP) is 2.77. The highest BCUT2D eigenvalue weighted by Gasteiger charge is 2.17. The molecular weight excluding hydrogens is 344 g/mol. The summed E-state index contributed by atoms with van der Waals surface area (Å²) >= 11 is 0. The fraction of sp³-hybridized carbons (Fsp3) is 0.619. The van der Waals surface area contributed by atoms with E-state index in [1.807, 2.05) is 17.0 Å². The number of ether oxygens (including phenoxy) is 2. The Morgan fingerprint density at radius 3 is 2.81 bits per heavy atom. The van der Waals surface area contributed by atoms with Gasteiger partial charge in [0.25, 0.3) is 5.91 Å². The Morgan fingerprint density at radius 1 is 1.19 bits per heavy atom. The molecule has 1 unspecified atom stereocenters. The van der Waals surface area contributed by atoms with Gasteiger partial charge in [-0.1, -0.05) is 6.42 Å². The molecule has 2 heterocycles. The molecule has 2 aliphatic heterocycles. The molecule has 0 bridgehead atoms. The summed E-state index contributed by atoms with van der Waals surface area (Å²) in [4.78, 5) is 26.1. The van der Waals surface area contributed by atoms with Crippen molar-refractivity contribution in [1.29, 1.82) is 0 Å². The fourth-order valence-electron chi connectivity index (χ4n) is 3.52. The van der Waals surface area contributed by atoms with Crippen molar-refractivity contribution in [2.75, 3.05) is 32.8 Å². The third-order valence-electron chi connectivity index (χ3n) is 5.14. The largest absolute Gasteiger partial charge is 0.491 e. The predicted molar refractivity (Wildman–Crippen MR) is 103 cm³/mol. The van der Waals surface area contributed by atoms with Gasteiger partial charge < -0.3 is 19.7 Å². The minimum atomic E-state index is -0.0946. The lowest BCUT2D eigenvalue weighted by atomic mass is 10.2. The van der Waals surface area contributed by atoms with Crippen LogP contribution in [0.2, 0.25) is 0 Å². The van der Waals surface area contributed by atoms with Crippen molar-refractivity contribution in [3.05, 3.63) is 29.8 Å². The van der Waals surface area contributed by atoms with Crippen molar-refractivity contribution in [2.45, 2.75) is 51.0 Å². The van der Waals surface area contributed by atoms with Crippen LogP contribution in [0, 0.1) is 0 Å². The van der Waals surface area contributed by atoms with E-state index in [1.165, 1.54) is 0 Å². The molecule has 0 radical (unpaired) electrons. The zero-order valence-corrected chi connectivity index (χ0v) is 16.0. The second-order valence-corrected chi connectivity index (χ2v) is 7.27. The lowest BCUT2D eigenvalue weighted by Gasteiger charge is -2.20. The third-order valence-corrected chi connectivity index (χ3v) is 5.14. The molecule has 6 nitrogen and oxygen atoms in total. The molecule has 1 aromatic carbocycles. The first kappa shape index (κ1) is 19.7. The second-order valence-electron chi connectivity index (χ2n) is 7.27. The minimum Gasteiger partial charge on any atom is -0.491 e. The first-order valence-electron chi connectivity index (χ1n) is 10.1. The van der Waals surface area contributed by atoms with Gasteiger partial charge in [-0.2, -0.15) is 0 Å². The summed E-state index contributed by atoms with van der Waals surface area (Å²) < 4.78 is 11.3. The molecule has 3 rings (SSSR count). The zero-order valence-electron chi connectivity index (χ0n) is 16.0. The van der Waals surface area contributed by atoms with Crippen LogP contribution in [0.1, 0.15) is 55.3 Å². The quantitative estimate of drug-likeness (QED) is 0.711. The number of benzene rings is 1. The average Bonchev–Trinajstić information content (AvgIpc) is 3.13. The van der Waals surface area contributed by atoms with Gasteiger partial charge in [-0.25, -0.2) is 0 Å². The molecule has 0 spiro atoms. The molecule has 0 aliphatic carbocycles. The van der Waals surface area contributed by atoms with E-state index in [9.17, 15) is 9.59 Å². The number of nitrogens with zero attached hydrogens (tertiary/aromatic N) is 1. The molecule has 27 heavy (non-hydrogen) atoms. The fourth-order valence-corrected chi connectivity index (χ4v) is 3.52. The summed E-state index contributed by atoms with van der Waals surface area (Å²) in [6.45, 7) is 3.51. The minimum absolute atomic E-state index is 0.0946. The monoisotopic (exact) mass is 374 g/mol. The highest BCUT2D eigenvalue weighted by atomic mass is 16.5. The summed E-state index contributed by atoms with van der Waals surface area (Å²) in [6.07, 6.45) is 6.98. The highest BCUT2D eigenvalue weighted by Crippen LogP contribution is 2.16. The standard InChI is InChI=1S/C21H30N2O4/c24-20-7-2-1-3-13-23(20)14-5-12-22-21(25)17-8-10-18(11-9-17)27-16-19-6-4-15-26-19/h8-11,19H,1-7,12-16H2,(H,22,25). The van der Waals surface area contributed by atoms with Crippen molar-refractivity contribution >= 4 is 11.8 Å². The third kappa shape index (κ3) is 6.24. The summed E-state index contributed by atoms with van der Waals surface area (Å²) in [5.41, 5.74) is 0.616. The van der Waals surface area contributed by atoms with Gasteiger partial charge >= 0.3 is 0 Å². The Kier molecular flexibility index (Phi) is 7.51. The van der Waals surface area contributed by atoms with Crippen LogP contribution < -0.4 is 10.1 Å². The lowest BCUT2D eigenvalue weighted by molar-refractivity contribution is -0.130. The average molecular weight is 374 g/mol. The van der Waals surface area contributed by atoms with Gasteiger partial charge in [0.15, 0.2) is 0 Å². The molecule has 1 atom stereocenters. The Hall–Kier alpha value is -2.08. The van der Waals surface area contributed by atoms with Crippen molar-refractivity contribution in [3.8, 4) is 5.75 Å². The molecule has 0 saturated carbocycles. The van der Waals surface area contributed by atoms with E-state index < -0.39 is 0 Å². The van der Waals surface area contributed by atoms with Crippen LogP contribution in [0.15, 0.2) is 24.3 Å². The van der Waals surface area contributed by atoms with Crippen LogP contribution in [0.25, 0.3) is 0 Å². The van der Waals surface area contributed by atoms with Gasteiger partial charge in [0.05, 0.1) is 6.10 Å². The van der Waals surface area contributed by atoms with E-state index in [-0.39, 0.29) is 17.9 Å². The number of likely N-dealkylation sites (tertiary alicyclic amines) is 1. The van der Waals surface area contributed by atoms with E-state index in [0.29, 0.717) is 25.1 Å². The van der Waals surface area contributed by atoms with Gasteiger partial charge in [0.1, 0.15) is 12.4 Å². The maximum absolute atomic E-state index is 12.2. The van der Waals surface area contributed by atoms with Gasteiger partial charge in [-0.05, 0) is 56.4 Å². The molecule has 148 valence electrons. The first-order chi connectivity index (χ1) is 13.2. The molecule has 2 amide bonds. The van der Waals surface area contributed by atoms with Gasteiger partial charge in [0.2, 0.25) is 5.91 Å². The molecule has 1 N–H and O–H groups in total. The number of nitrogens with one attached hydrogen (secondary N) is 1. The van der Waals surface area contributed by atoms with Gasteiger partial charge in [0, 0.05) is 38.2 Å². The van der Waals surface area contributed by atoms with E-state index in [1.54, 1.807) is 12.1 Å². The molecule has 2 saturated heterocycles. The van der Waals surface area contributed by atoms with Crippen LogP contribution in [0.3, 0.4) is 0 Å². The maximum atomic E-state index is 12.2. The Bertz CT molecular complexity index is 611. The number of hydrogen-bond acceptors (Lipinski definition) is 4. The highest BCUT2D eigenvalue weighted by molar-refractivity contribution is 5.94. The van der Waals surface area contributed by atoms with Crippen molar-refractivity contribution in [2.24, 2.45) is 0 Å². The molecular formula is C21H30N2O4. The summed E-state index contributed by atoms with van der Waals surface area (Å²) in [6, 6.07) is 7.19. The van der Waals surface area contributed by atoms with Gasteiger partial charge in [-0.15, -0.1) is 0 Å². The first-order valence-corrected chi connectivity index (χ1v) is 10.1. The number of carbonyl (C=O) groups is 2. The zero-order chi connectivity index (χ0) is 18.9. The Balaban J connectivity index is 1.35. The van der Waals surface area contributed by atoms with Crippen LogP contribution in [0.4, 0.5) is 0 Å². The van der Waals surface area contributed by atoms with E-state index >= 15 is 0 Å². The van der Waals surface area contributed by atoms with E-state index in [2.05, 4.69) is 5.32 Å². The van der Waals surface area contributed by atoms with Gasteiger partial charge in [-0.3, -0.25) is 9.59 Å². The Morgan fingerprint density at radius 2 is 2.04 bits per heavy atom. The van der Waals surface area contributed by atoms with Crippen molar-refractivity contribution in [1.82, 2.24) is 10.2 Å². The summed E-state index contributed by atoms with van der Waals surface area (Å²) in [5, 5.41) is 2.93. The van der Waals surface area contributed by atoms with Crippen molar-refractivity contribution in [3.63, 3.8) is 0 Å². The number of amides is 2. The normalized spacial score (nSPS) is 20.4. The van der Waals surface area contributed by atoms with E-state index in [0.717, 1.165) is 64.0 Å². The number of carbonyl (C=O) groups excluding carboxylic acids is 2. The summed E-state index contributed by atoms with van der Waals surface area (Å²) in [5.74, 6) is 0.905. The number of rotatable bonds is 8. The molecule has 0 aromatic heterocycles. The van der Waals surface area contributed by atoms with Crippen molar-refractivity contribution < 1.29 is 19.1 Å². The van der Waals surface area contributed by atoms with Crippen LogP contribution in [0.5, 0.6) is 5.75 Å². The smallest absolute Gasteiger partial charge is 0.251 e. The van der Waals surface area contributed by atoms with E-state index in [4.69, 9.17) is 9.47 Å². The lowest BCUT2D eigenvalue weighted by Crippen LogP contribution is -2.34. The Labute approximate surface area is 161 Å². The topological polar surface area (TPSA) is 67.9 Å². The van der Waals surface area contributed by atoms with Crippen LogP contribution in [-0.4, -0.2) is 55.7 Å². The van der Waals surface area contributed by atoms with Crippen LogP contribution in [-0.2, 0) is 9.53 Å². The molecule has 2 aliphatic rings. The molecule has 2 fully saturated rings. The maximum Gasteiger partial charge on any atom is 0.251 e. The summed E-state index contributed by atoms with van der Waals surface area (Å²) in [7, 11) is 0. The SMILES string of the molecule is O=C(NCCCN1CCCCCC1=O)c1ccc(OCC2CCCO2)cc1. The number of hydrogen-bond donors (Lipinski definition) is 1. The van der Waals surface area contributed by atoms with Crippen LogP contribution >= 0.6 is 0 Å². The molecule has 6 heteroatoms. The second kappa shape index (κ2) is 10.3. The molecule has 1 aromatic rings.